The maximum absolute atomic E-state index is 13.6. The van der Waals surface area contributed by atoms with Gasteiger partial charge >= 0.3 is 0 Å². The predicted molar refractivity (Wildman–Crippen MR) is 110 cm³/mol. The molecular formula is C20H16BrN3O3S. The number of ether oxygens (including phenoxy) is 1. The summed E-state index contributed by atoms with van der Waals surface area (Å²) in [6.07, 6.45) is 0. The maximum atomic E-state index is 13.6. The van der Waals surface area contributed by atoms with E-state index in [0.717, 1.165) is 4.47 Å². The van der Waals surface area contributed by atoms with E-state index in [0.29, 0.717) is 16.8 Å². The van der Waals surface area contributed by atoms with Gasteiger partial charge in [0.1, 0.15) is 16.5 Å². The first-order valence-electron chi connectivity index (χ1n) is 8.59. The average Bonchev–Trinajstić information content (AvgIpc) is 2.67. The van der Waals surface area contributed by atoms with Gasteiger partial charge in [-0.2, -0.15) is 5.26 Å². The standard InChI is InChI=1S/C20H16BrN3O3S/c1-2-24-16-9-4-3-8-14(16)18-19(28(24,25)26)17(15(11-22)20(23)27-18)12-6-5-7-13(21)10-12/h3-10,17H,2,23H2,1H3. The number of nitriles is 1. The zero-order chi connectivity index (χ0) is 20.1. The molecule has 0 aromatic heterocycles. The first-order valence-corrected chi connectivity index (χ1v) is 10.8. The SMILES string of the molecule is CCN1c2ccccc2C2=C(C(c3cccc(Br)c3)C(C#N)=C(N)O2)S1(=O)=O. The third-order valence-electron chi connectivity index (χ3n) is 4.83. The van der Waals surface area contributed by atoms with Crippen molar-refractivity contribution in [3.63, 3.8) is 0 Å². The Hall–Kier alpha value is -2.76. The molecule has 8 heteroatoms. The Labute approximate surface area is 171 Å². The quantitative estimate of drug-likeness (QED) is 0.739. The topological polar surface area (TPSA) is 96.4 Å². The average molecular weight is 458 g/mol. The van der Waals surface area contributed by atoms with Crippen molar-refractivity contribution in [2.24, 2.45) is 5.73 Å². The molecule has 0 fully saturated rings. The van der Waals surface area contributed by atoms with Gasteiger partial charge in [-0.25, -0.2) is 8.42 Å². The van der Waals surface area contributed by atoms with Crippen molar-refractivity contribution in [2.75, 3.05) is 10.8 Å². The van der Waals surface area contributed by atoms with Crippen LogP contribution in [0.3, 0.4) is 0 Å². The summed E-state index contributed by atoms with van der Waals surface area (Å²) in [6, 6.07) is 16.4. The summed E-state index contributed by atoms with van der Waals surface area (Å²) >= 11 is 3.42. The molecule has 2 N–H and O–H groups in total. The molecule has 142 valence electrons. The van der Waals surface area contributed by atoms with Crippen LogP contribution in [0, 0.1) is 11.3 Å². The molecule has 2 heterocycles. The molecule has 2 aromatic carbocycles. The van der Waals surface area contributed by atoms with Crippen LogP contribution in [-0.4, -0.2) is 15.0 Å². The van der Waals surface area contributed by atoms with E-state index in [1.165, 1.54) is 4.31 Å². The van der Waals surface area contributed by atoms with Crippen LogP contribution in [-0.2, 0) is 14.8 Å². The third-order valence-corrected chi connectivity index (χ3v) is 7.33. The summed E-state index contributed by atoms with van der Waals surface area (Å²) in [5.41, 5.74) is 7.94. The number of sulfonamides is 1. The molecule has 1 unspecified atom stereocenters. The Morgan fingerprint density at radius 3 is 2.68 bits per heavy atom. The van der Waals surface area contributed by atoms with Gasteiger partial charge in [-0.1, -0.05) is 40.2 Å². The predicted octanol–water partition coefficient (Wildman–Crippen LogP) is 3.80. The van der Waals surface area contributed by atoms with Gasteiger partial charge in [0.15, 0.2) is 5.76 Å². The molecule has 0 radical (unpaired) electrons. The van der Waals surface area contributed by atoms with Crippen LogP contribution in [0.2, 0.25) is 0 Å². The van der Waals surface area contributed by atoms with Gasteiger partial charge in [-0.05, 0) is 36.8 Å². The number of allylic oxidation sites excluding steroid dienone is 2. The summed E-state index contributed by atoms with van der Waals surface area (Å²) in [5, 5.41) is 9.73. The van der Waals surface area contributed by atoms with Crippen LogP contribution in [0.4, 0.5) is 5.69 Å². The zero-order valence-corrected chi connectivity index (χ0v) is 17.3. The summed E-state index contributed by atoms with van der Waals surface area (Å²) in [6.45, 7) is 2.02. The van der Waals surface area contributed by atoms with Crippen molar-refractivity contribution in [1.29, 1.82) is 5.26 Å². The number of nitrogens with zero attached hydrogens (tertiary/aromatic N) is 2. The fourth-order valence-electron chi connectivity index (χ4n) is 3.67. The Kier molecular flexibility index (Phi) is 4.44. The lowest BCUT2D eigenvalue weighted by atomic mass is 9.88. The van der Waals surface area contributed by atoms with Gasteiger partial charge in [0.2, 0.25) is 5.88 Å². The van der Waals surface area contributed by atoms with E-state index in [9.17, 15) is 13.7 Å². The van der Waals surface area contributed by atoms with Crippen molar-refractivity contribution in [2.45, 2.75) is 12.8 Å². The second-order valence-corrected chi connectivity index (χ2v) is 9.11. The van der Waals surface area contributed by atoms with E-state index < -0.39 is 15.9 Å². The van der Waals surface area contributed by atoms with E-state index in [1.54, 1.807) is 43.3 Å². The van der Waals surface area contributed by atoms with E-state index >= 15 is 0 Å². The summed E-state index contributed by atoms with van der Waals surface area (Å²) in [5.74, 6) is -0.749. The van der Waals surface area contributed by atoms with E-state index in [-0.39, 0.29) is 28.7 Å². The van der Waals surface area contributed by atoms with E-state index in [4.69, 9.17) is 10.5 Å². The molecule has 4 rings (SSSR count). The first kappa shape index (κ1) is 18.6. The highest BCUT2D eigenvalue weighted by molar-refractivity contribution is 9.10. The Morgan fingerprint density at radius 2 is 2.00 bits per heavy atom. The number of nitrogens with two attached hydrogens (primary N) is 1. The van der Waals surface area contributed by atoms with Crippen LogP contribution in [0.25, 0.3) is 5.76 Å². The van der Waals surface area contributed by atoms with Gasteiger partial charge in [0.25, 0.3) is 10.0 Å². The molecule has 2 aliphatic rings. The van der Waals surface area contributed by atoms with Crippen LogP contribution in [0.15, 0.2) is 69.4 Å². The van der Waals surface area contributed by atoms with E-state index in [2.05, 4.69) is 15.9 Å². The minimum absolute atomic E-state index is 0.0388. The Bertz CT molecular complexity index is 1200. The largest absolute Gasteiger partial charge is 0.439 e. The van der Waals surface area contributed by atoms with Crippen LogP contribution in [0.1, 0.15) is 24.0 Å². The molecule has 0 saturated heterocycles. The molecule has 0 amide bonds. The van der Waals surface area contributed by atoms with Gasteiger partial charge in [0, 0.05) is 16.6 Å². The van der Waals surface area contributed by atoms with Gasteiger partial charge in [-0.3, -0.25) is 4.31 Å². The highest BCUT2D eigenvalue weighted by Crippen LogP contribution is 2.50. The molecule has 1 atom stereocenters. The van der Waals surface area contributed by atoms with E-state index in [1.807, 2.05) is 18.2 Å². The van der Waals surface area contributed by atoms with Crippen molar-refractivity contribution in [3.8, 4) is 6.07 Å². The van der Waals surface area contributed by atoms with Gasteiger partial charge in [0.05, 0.1) is 11.6 Å². The fourth-order valence-corrected chi connectivity index (χ4v) is 6.02. The van der Waals surface area contributed by atoms with Crippen molar-refractivity contribution >= 4 is 37.4 Å². The zero-order valence-electron chi connectivity index (χ0n) is 14.9. The highest BCUT2D eigenvalue weighted by atomic mass is 79.9. The molecule has 0 spiro atoms. The number of halogens is 1. The second kappa shape index (κ2) is 6.69. The molecule has 2 aliphatic heterocycles. The lowest BCUT2D eigenvalue weighted by Crippen LogP contribution is -2.39. The number of hydrogen-bond acceptors (Lipinski definition) is 5. The van der Waals surface area contributed by atoms with Crippen LogP contribution < -0.4 is 10.0 Å². The number of fused-ring (bicyclic) bond motifs is 2. The Balaban J connectivity index is 2.09. The maximum Gasteiger partial charge on any atom is 0.265 e. The molecule has 6 nitrogen and oxygen atoms in total. The molecule has 0 bridgehead atoms. The van der Waals surface area contributed by atoms with Crippen molar-refractivity contribution < 1.29 is 13.2 Å². The van der Waals surface area contributed by atoms with Crippen molar-refractivity contribution in [1.82, 2.24) is 0 Å². The third kappa shape index (κ3) is 2.62. The number of benzene rings is 2. The number of anilines is 1. The number of hydrogen-bond donors (Lipinski definition) is 1. The first-order chi connectivity index (χ1) is 13.4. The Morgan fingerprint density at radius 1 is 1.25 bits per heavy atom. The molecular weight excluding hydrogens is 442 g/mol. The molecule has 0 saturated carbocycles. The molecule has 2 aromatic rings. The normalized spacial score (nSPS) is 20.2. The van der Waals surface area contributed by atoms with Crippen LogP contribution in [0.5, 0.6) is 0 Å². The summed E-state index contributed by atoms with van der Waals surface area (Å²) in [7, 11) is -3.93. The minimum atomic E-state index is -3.93. The van der Waals surface area contributed by atoms with Crippen molar-refractivity contribution in [3.05, 3.63) is 80.5 Å². The summed E-state index contributed by atoms with van der Waals surface area (Å²) in [4.78, 5) is 0.0388. The summed E-state index contributed by atoms with van der Waals surface area (Å²) < 4.78 is 35.0. The minimum Gasteiger partial charge on any atom is -0.439 e. The van der Waals surface area contributed by atoms with Gasteiger partial charge < -0.3 is 10.5 Å². The van der Waals surface area contributed by atoms with Gasteiger partial charge in [-0.15, -0.1) is 0 Å². The fraction of sp³-hybridized carbons (Fsp3) is 0.150. The monoisotopic (exact) mass is 457 g/mol. The smallest absolute Gasteiger partial charge is 0.265 e. The van der Waals surface area contributed by atoms with Crippen LogP contribution >= 0.6 is 15.9 Å². The number of para-hydroxylation sites is 1. The lowest BCUT2D eigenvalue weighted by molar-refractivity contribution is 0.357. The second-order valence-electron chi connectivity index (χ2n) is 6.36. The lowest BCUT2D eigenvalue weighted by Gasteiger charge is -2.37. The molecule has 0 aliphatic carbocycles. The number of rotatable bonds is 2. The molecule has 28 heavy (non-hydrogen) atoms. The highest BCUT2D eigenvalue weighted by Gasteiger charge is 2.46.